The molecule has 0 aliphatic carbocycles. The van der Waals surface area contributed by atoms with E-state index in [4.69, 9.17) is 11.6 Å². The van der Waals surface area contributed by atoms with Gasteiger partial charge in [-0.1, -0.05) is 17.7 Å². The van der Waals surface area contributed by atoms with Crippen LogP contribution in [0.5, 0.6) is 0 Å². The number of carbonyl (C=O) groups is 2. The molecule has 3 amide bonds. The van der Waals surface area contributed by atoms with Gasteiger partial charge in [-0.15, -0.1) is 0 Å². The molecule has 170 valence electrons. The summed E-state index contributed by atoms with van der Waals surface area (Å²) in [5.41, 5.74) is 1.01. The Morgan fingerprint density at radius 2 is 1.73 bits per heavy atom. The van der Waals surface area contributed by atoms with Crippen LogP contribution in [0.2, 0.25) is 5.02 Å². The first kappa shape index (κ1) is 23.7. The van der Waals surface area contributed by atoms with Crippen LogP contribution in [0.15, 0.2) is 72.8 Å². The first-order valence-corrected chi connectivity index (χ1v) is 10.3. The number of benzene rings is 3. The van der Waals surface area contributed by atoms with E-state index in [0.717, 1.165) is 0 Å². The number of hydrogen-bond donors (Lipinski definition) is 2. The fraction of sp³-hybridized carbons (Fsp3) is 0.130. The normalized spacial score (nSPS) is 10.4. The standard InChI is InChI=1S/C23H20ClFN4O4/c24-17-5-9-19(10-6-17)27-23(31)28(20-11-7-18(25)8-12-20)14-2-13-26-22(30)16-3-1-4-21(15-16)29(32)33/h1,3-12,15H,2,13-14H2,(H,26,30)(H,27,31). The van der Waals surface area contributed by atoms with Crippen molar-refractivity contribution in [2.24, 2.45) is 0 Å². The molecule has 0 aliphatic heterocycles. The van der Waals surface area contributed by atoms with E-state index < -0.39 is 22.7 Å². The monoisotopic (exact) mass is 470 g/mol. The number of halogens is 2. The first-order chi connectivity index (χ1) is 15.8. The summed E-state index contributed by atoms with van der Waals surface area (Å²) >= 11 is 5.87. The Balaban J connectivity index is 1.62. The Morgan fingerprint density at radius 3 is 2.39 bits per heavy atom. The van der Waals surface area contributed by atoms with E-state index in [1.165, 1.54) is 53.4 Å². The Kier molecular flexibility index (Phi) is 7.93. The zero-order chi connectivity index (χ0) is 23.8. The summed E-state index contributed by atoms with van der Waals surface area (Å²) in [7, 11) is 0. The minimum atomic E-state index is -0.573. The lowest BCUT2D eigenvalue weighted by atomic mass is 10.2. The fourth-order valence-corrected chi connectivity index (χ4v) is 3.12. The summed E-state index contributed by atoms with van der Waals surface area (Å²) in [4.78, 5) is 36.9. The third-order valence-corrected chi connectivity index (χ3v) is 4.89. The highest BCUT2D eigenvalue weighted by Crippen LogP contribution is 2.19. The lowest BCUT2D eigenvalue weighted by Crippen LogP contribution is -2.37. The van der Waals surface area contributed by atoms with Gasteiger partial charge in [0.15, 0.2) is 0 Å². The van der Waals surface area contributed by atoms with Gasteiger partial charge in [0.25, 0.3) is 11.6 Å². The predicted molar refractivity (Wildman–Crippen MR) is 124 cm³/mol. The van der Waals surface area contributed by atoms with Gasteiger partial charge in [0.2, 0.25) is 0 Å². The van der Waals surface area contributed by atoms with E-state index in [9.17, 15) is 24.1 Å². The molecule has 3 aromatic carbocycles. The van der Waals surface area contributed by atoms with Crippen molar-refractivity contribution >= 4 is 40.6 Å². The highest BCUT2D eigenvalue weighted by atomic mass is 35.5. The molecule has 0 heterocycles. The number of non-ortho nitro benzene ring substituents is 1. The topological polar surface area (TPSA) is 105 Å². The molecule has 0 saturated heterocycles. The van der Waals surface area contributed by atoms with Crippen molar-refractivity contribution in [3.05, 3.63) is 99.3 Å². The number of nitro groups is 1. The number of rotatable bonds is 8. The van der Waals surface area contributed by atoms with Crippen molar-refractivity contribution in [2.75, 3.05) is 23.3 Å². The van der Waals surface area contributed by atoms with E-state index in [0.29, 0.717) is 22.8 Å². The quantitative estimate of drug-likeness (QED) is 0.266. The maximum Gasteiger partial charge on any atom is 0.326 e. The van der Waals surface area contributed by atoms with Crippen LogP contribution >= 0.6 is 11.6 Å². The summed E-state index contributed by atoms with van der Waals surface area (Å²) < 4.78 is 13.3. The number of nitrogens with zero attached hydrogens (tertiary/aromatic N) is 2. The summed E-state index contributed by atoms with van der Waals surface area (Å²) in [6, 6.07) is 17.0. The van der Waals surface area contributed by atoms with Crippen molar-refractivity contribution in [2.45, 2.75) is 6.42 Å². The predicted octanol–water partition coefficient (Wildman–Crippen LogP) is 5.25. The molecule has 8 nitrogen and oxygen atoms in total. The van der Waals surface area contributed by atoms with Gasteiger partial charge in [-0.05, 0) is 61.0 Å². The summed E-state index contributed by atoms with van der Waals surface area (Å²) in [6.07, 6.45) is 0.381. The Hall–Kier alpha value is -3.98. The molecule has 0 radical (unpaired) electrons. The molecular formula is C23H20ClFN4O4. The smallest absolute Gasteiger partial charge is 0.326 e. The maximum absolute atomic E-state index is 13.3. The molecule has 2 N–H and O–H groups in total. The number of anilines is 2. The molecule has 0 bridgehead atoms. The van der Waals surface area contributed by atoms with Crippen LogP contribution in [-0.2, 0) is 0 Å². The molecule has 3 aromatic rings. The average Bonchev–Trinajstić information content (AvgIpc) is 2.81. The van der Waals surface area contributed by atoms with Crippen LogP contribution in [0.3, 0.4) is 0 Å². The Labute approximate surface area is 194 Å². The molecule has 0 unspecified atom stereocenters. The van der Waals surface area contributed by atoms with Gasteiger partial charge in [0.1, 0.15) is 5.82 Å². The van der Waals surface area contributed by atoms with Crippen molar-refractivity contribution < 1.29 is 18.9 Å². The minimum Gasteiger partial charge on any atom is -0.352 e. The van der Waals surface area contributed by atoms with E-state index in [1.54, 1.807) is 24.3 Å². The van der Waals surface area contributed by atoms with Gasteiger partial charge in [-0.2, -0.15) is 0 Å². The Morgan fingerprint density at radius 1 is 1.03 bits per heavy atom. The van der Waals surface area contributed by atoms with Gasteiger partial charge in [0.05, 0.1) is 4.92 Å². The summed E-state index contributed by atoms with van der Waals surface area (Å²) in [6.45, 7) is 0.438. The highest BCUT2D eigenvalue weighted by Gasteiger charge is 2.17. The fourth-order valence-electron chi connectivity index (χ4n) is 2.99. The third-order valence-electron chi connectivity index (χ3n) is 4.64. The second kappa shape index (κ2) is 11.1. The second-order valence-corrected chi connectivity index (χ2v) is 7.42. The molecule has 0 atom stereocenters. The van der Waals surface area contributed by atoms with E-state index in [2.05, 4.69) is 10.6 Å². The van der Waals surface area contributed by atoms with Crippen LogP contribution in [0.25, 0.3) is 0 Å². The van der Waals surface area contributed by atoms with Gasteiger partial charge in [-0.3, -0.25) is 19.8 Å². The lowest BCUT2D eigenvalue weighted by molar-refractivity contribution is -0.384. The first-order valence-electron chi connectivity index (χ1n) is 9.96. The van der Waals surface area contributed by atoms with E-state index in [1.807, 2.05) is 0 Å². The number of hydrogen-bond acceptors (Lipinski definition) is 4. The second-order valence-electron chi connectivity index (χ2n) is 6.98. The minimum absolute atomic E-state index is 0.167. The van der Waals surface area contributed by atoms with E-state index >= 15 is 0 Å². The zero-order valence-electron chi connectivity index (χ0n) is 17.3. The largest absolute Gasteiger partial charge is 0.352 e. The maximum atomic E-state index is 13.3. The van der Waals surface area contributed by atoms with E-state index in [-0.39, 0.29) is 24.3 Å². The Bertz CT molecular complexity index is 1140. The number of carbonyl (C=O) groups excluding carboxylic acids is 2. The molecule has 10 heteroatoms. The van der Waals surface area contributed by atoms with Crippen molar-refractivity contribution in [3.63, 3.8) is 0 Å². The molecule has 0 fully saturated rings. The zero-order valence-corrected chi connectivity index (χ0v) is 18.1. The van der Waals surface area contributed by atoms with Crippen molar-refractivity contribution in [3.8, 4) is 0 Å². The molecule has 0 saturated carbocycles. The van der Waals surface area contributed by atoms with Gasteiger partial charge in [-0.25, -0.2) is 9.18 Å². The van der Waals surface area contributed by atoms with Crippen molar-refractivity contribution in [1.29, 1.82) is 0 Å². The van der Waals surface area contributed by atoms with Crippen molar-refractivity contribution in [1.82, 2.24) is 5.32 Å². The molecule has 0 aliphatic rings. The summed E-state index contributed by atoms with van der Waals surface area (Å²) in [5.74, 6) is -0.890. The molecule has 0 aromatic heterocycles. The number of nitrogens with one attached hydrogen (secondary N) is 2. The number of nitro benzene ring substituents is 1. The van der Waals surface area contributed by atoms with Gasteiger partial charge >= 0.3 is 6.03 Å². The SMILES string of the molecule is O=C(NCCCN(C(=O)Nc1ccc(Cl)cc1)c1ccc(F)cc1)c1cccc([N+](=O)[O-])c1. The van der Waals surface area contributed by atoms with Crippen LogP contribution in [0.4, 0.5) is 26.2 Å². The molecule has 0 spiro atoms. The number of urea groups is 1. The molecular weight excluding hydrogens is 451 g/mol. The highest BCUT2D eigenvalue weighted by molar-refractivity contribution is 6.30. The number of amides is 3. The van der Waals surface area contributed by atoms with Gasteiger partial charge < -0.3 is 10.6 Å². The average molecular weight is 471 g/mol. The molecule has 3 rings (SSSR count). The van der Waals surface area contributed by atoms with Crippen LogP contribution < -0.4 is 15.5 Å². The van der Waals surface area contributed by atoms with Gasteiger partial charge in [0, 0.05) is 47.2 Å². The third kappa shape index (κ3) is 6.75. The van der Waals surface area contributed by atoms with Crippen LogP contribution in [0, 0.1) is 15.9 Å². The lowest BCUT2D eigenvalue weighted by Gasteiger charge is -2.23. The summed E-state index contributed by atoms with van der Waals surface area (Å²) in [5, 5.41) is 16.8. The van der Waals surface area contributed by atoms with Crippen LogP contribution in [0.1, 0.15) is 16.8 Å². The van der Waals surface area contributed by atoms with Crippen LogP contribution in [-0.4, -0.2) is 30.0 Å². The molecule has 33 heavy (non-hydrogen) atoms.